The van der Waals surface area contributed by atoms with Crippen molar-refractivity contribution in [3.8, 4) is 0 Å². The fourth-order valence-corrected chi connectivity index (χ4v) is 5.81. The van der Waals surface area contributed by atoms with E-state index in [9.17, 15) is 34.4 Å². The first-order valence-corrected chi connectivity index (χ1v) is 14.4. The summed E-state index contributed by atoms with van der Waals surface area (Å²) in [5.74, 6) is 0. The van der Waals surface area contributed by atoms with Gasteiger partial charge in [0.2, 0.25) is 10.0 Å². The molecule has 1 fully saturated rings. The molecule has 36 heavy (non-hydrogen) atoms. The van der Waals surface area contributed by atoms with Gasteiger partial charge in [0.1, 0.15) is 20.2 Å². The number of thiocarbonyl (C=S) groups is 1. The molecule has 1 saturated carbocycles. The zero-order valence-electron chi connectivity index (χ0n) is 19.5. The summed E-state index contributed by atoms with van der Waals surface area (Å²) in [6, 6.07) is 7.15. The van der Waals surface area contributed by atoms with Crippen LogP contribution in [0.2, 0.25) is 0 Å². The number of anilines is 2. The number of hydrogen-bond donors (Lipinski definition) is 3. The van der Waals surface area contributed by atoms with Gasteiger partial charge >= 0.3 is 59.1 Å². The van der Waals surface area contributed by atoms with Crippen molar-refractivity contribution in [3.63, 3.8) is 0 Å². The van der Waals surface area contributed by atoms with E-state index in [1.54, 1.807) is 7.05 Å². The molecule has 1 aliphatic carbocycles. The third kappa shape index (κ3) is 9.03. The Hall–Kier alpha value is -0.560. The summed E-state index contributed by atoms with van der Waals surface area (Å²) in [7, 11) is -12.1. The number of rotatable bonds is 8. The van der Waals surface area contributed by atoms with E-state index in [0.29, 0.717) is 12.8 Å². The van der Waals surface area contributed by atoms with Crippen LogP contribution in [0.1, 0.15) is 24.0 Å². The van der Waals surface area contributed by atoms with E-state index >= 15 is 0 Å². The molecule has 3 rings (SSSR count). The van der Waals surface area contributed by atoms with Crippen LogP contribution in [0.5, 0.6) is 0 Å². The van der Waals surface area contributed by atoms with Crippen LogP contribution in [-0.4, -0.2) is 51.8 Å². The van der Waals surface area contributed by atoms with E-state index < -0.39 is 45.3 Å². The summed E-state index contributed by atoms with van der Waals surface area (Å²) < 4.78 is 97.1. The minimum atomic E-state index is -5.03. The van der Waals surface area contributed by atoms with Gasteiger partial charge in [0.25, 0.3) is 0 Å². The molecule has 2 aromatic carbocycles. The average Bonchev–Trinajstić information content (AvgIpc) is 3.58. The molecule has 11 nitrogen and oxygen atoms in total. The standard InChI is InChI=1S/C19H21N3O8S4.2Na/c1-20-19(31)21-14-6-4-12(17(10-14)33(25,26)27)2-3-13-5-7-15(11-18(13)34(28,29)30)22-32(23,24)16-8-9-16;;/h2-7,10-11,16,22H,8-9H2,1H3,(H2,20,21,31)(H,25,26,27)(H,28,29,30);;/q;2*+1/p-2/b3-2+;;. The quantitative estimate of drug-likeness (QED) is 0.116. The Kier molecular flexibility index (Phi) is 12.1. The van der Waals surface area contributed by atoms with E-state index in [1.807, 2.05) is 0 Å². The summed E-state index contributed by atoms with van der Waals surface area (Å²) in [6.45, 7) is 0. The molecule has 0 spiro atoms. The van der Waals surface area contributed by atoms with Gasteiger partial charge in [-0.1, -0.05) is 24.3 Å². The molecule has 0 saturated heterocycles. The first-order valence-electron chi connectivity index (χ1n) is 9.59. The van der Waals surface area contributed by atoms with Crippen molar-refractivity contribution in [3.05, 3.63) is 47.5 Å². The van der Waals surface area contributed by atoms with Gasteiger partial charge < -0.3 is 19.7 Å². The number of benzene rings is 2. The Balaban J connectivity index is 0.00000324. The summed E-state index contributed by atoms with van der Waals surface area (Å²) in [4.78, 5) is -1.32. The maximum Gasteiger partial charge on any atom is 1.00 e. The van der Waals surface area contributed by atoms with Crippen LogP contribution in [0, 0.1) is 0 Å². The van der Waals surface area contributed by atoms with Gasteiger partial charge in [0, 0.05) is 18.4 Å². The zero-order chi connectivity index (χ0) is 25.3. The second-order valence-corrected chi connectivity index (χ2v) is 12.4. The Bertz CT molecular complexity index is 1490. The molecule has 17 heteroatoms. The first kappa shape index (κ1) is 33.5. The van der Waals surface area contributed by atoms with Gasteiger partial charge in [0.05, 0.1) is 15.0 Å². The normalized spacial score (nSPS) is 13.9. The van der Waals surface area contributed by atoms with Crippen molar-refractivity contribution >= 4 is 71.1 Å². The van der Waals surface area contributed by atoms with E-state index in [4.69, 9.17) is 12.2 Å². The fraction of sp³-hybridized carbons (Fsp3) is 0.211. The number of nitrogens with one attached hydrogen (secondary N) is 3. The third-order valence-corrected chi connectivity index (χ3v) is 8.68. The molecule has 0 aromatic heterocycles. The molecule has 0 aliphatic heterocycles. The summed E-state index contributed by atoms with van der Waals surface area (Å²) in [5, 5.41) is 4.94. The van der Waals surface area contributed by atoms with Crippen molar-refractivity contribution in [1.82, 2.24) is 5.32 Å². The van der Waals surface area contributed by atoms with Gasteiger partial charge in [-0.05, 0) is 60.5 Å². The van der Waals surface area contributed by atoms with E-state index in [0.717, 1.165) is 24.3 Å². The maximum atomic E-state index is 12.1. The molecular formula is C19H19N3Na2O8S4. The molecule has 2 aromatic rings. The number of hydrogen-bond acceptors (Lipinski definition) is 9. The van der Waals surface area contributed by atoms with E-state index in [-0.39, 0.29) is 86.7 Å². The molecule has 0 bridgehead atoms. The van der Waals surface area contributed by atoms with Crippen LogP contribution >= 0.6 is 12.2 Å². The predicted molar refractivity (Wildman–Crippen MR) is 129 cm³/mol. The van der Waals surface area contributed by atoms with Crippen molar-refractivity contribution in [1.29, 1.82) is 0 Å². The van der Waals surface area contributed by atoms with Gasteiger partial charge in [-0.2, -0.15) is 0 Å². The van der Waals surface area contributed by atoms with Gasteiger partial charge in [-0.25, -0.2) is 25.3 Å². The second-order valence-electron chi connectivity index (χ2n) is 7.30. The summed E-state index contributed by atoms with van der Waals surface area (Å²) >= 11 is 4.94. The minimum absolute atomic E-state index is 0. The van der Waals surface area contributed by atoms with Gasteiger partial charge in [-0.15, -0.1) is 0 Å². The first-order chi connectivity index (χ1) is 15.7. The van der Waals surface area contributed by atoms with Gasteiger partial charge in [-0.3, -0.25) is 4.72 Å². The Morgan fingerprint density at radius 3 is 1.72 bits per heavy atom. The fourth-order valence-electron chi connectivity index (χ4n) is 2.92. The molecule has 0 atom stereocenters. The third-order valence-electron chi connectivity index (χ3n) is 4.72. The van der Waals surface area contributed by atoms with Crippen LogP contribution < -0.4 is 74.5 Å². The summed E-state index contributed by atoms with van der Waals surface area (Å²) in [5.41, 5.74) is -0.0702. The van der Waals surface area contributed by atoms with Crippen molar-refractivity contribution in [2.24, 2.45) is 0 Å². The SMILES string of the molecule is CNC(=S)Nc1ccc(/C=C/c2ccc(NS(=O)(=O)C3CC3)cc2S(=O)(=O)[O-])c(S(=O)(=O)[O-])c1.[Na+].[Na+]. The zero-order valence-corrected chi connectivity index (χ0v) is 26.8. The molecule has 3 N–H and O–H groups in total. The molecular weight excluding hydrogens is 572 g/mol. The smallest absolute Gasteiger partial charge is 0.744 e. The largest absolute Gasteiger partial charge is 1.00 e. The van der Waals surface area contributed by atoms with E-state index in [1.165, 1.54) is 24.3 Å². The monoisotopic (exact) mass is 591 g/mol. The molecule has 0 radical (unpaired) electrons. The Labute approximate surface area is 259 Å². The minimum Gasteiger partial charge on any atom is -0.744 e. The van der Waals surface area contributed by atoms with Crippen molar-refractivity contribution < 1.29 is 93.5 Å². The Morgan fingerprint density at radius 2 is 1.31 bits per heavy atom. The van der Waals surface area contributed by atoms with Crippen molar-refractivity contribution in [2.75, 3.05) is 17.1 Å². The molecule has 0 heterocycles. The van der Waals surface area contributed by atoms with Crippen LogP contribution in [0.3, 0.4) is 0 Å². The maximum absolute atomic E-state index is 12.1. The van der Waals surface area contributed by atoms with Crippen molar-refractivity contribution in [2.45, 2.75) is 27.9 Å². The van der Waals surface area contributed by atoms with E-state index in [2.05, 4.69) is 15.4 Å². The predicted octanol–water partition coefficient (Wildman–Crippen LogP) is -4.51. The van der Waals surface area contributed by atoms with Crippen LogP contribution in [0.15, 0.2) is 46.2 Å². The van der Waals surface area contributed by atoms with Crippen LogP contribution in [-0.2, 0) is 30.3 Å². The second kappa shape index (κ2) is 13.0. The summed E-state index contributed by atoms with van der Waals surface area (Å²) in [6.07, 6.45) is 3.27. The topological polar surface area (TPSA) is 185 Å². The van der Waals surface area contributed by atoms with Gasteiger partial charge in [0.15, 0.2) is 5.11 Å². The van der Waals surface area contributed by atoms with Crippen LogP contribution in [0.25, 0.3) is 12.2 Å². The Morgan fingerprint density at radius 1 is 0.861 bits per heavy atom. The molecule has 0 unspecified atom stereocenters. The molecule has 0 amide bonds. The molecule has 184 valence electrons. The average molecular weight is 592 g/mol. The molecule has 1 aliphatic rings. The number of sulfonamides is 1. The van der Waals surface area contributed by atoms with Crippen LogP contribution in [0.4, 0.5) is 11.4 Å².